The van der Waals surface area contributed by atoms with E-state index < -0.39 is 23.1 Å². The van der Waals surface area contributed by atoms with Crippen LogP contribution in [0.1, 0.15) is 6.92 Å². The first-order valence-corrected chi connectivity index (χ1v) is 3.62. The molecule has 0 fully saturated rings. The molecule has 0 spiro atoms. The molecule has 0 bridgehead atoms. The Labute approximate surface area is 78.6 Å². The maximum Gasteiger partial charge on any atom is 0.331 e. The molecule has 0 aliphatic heterocycles. The van der Waals surface area contributed by atoms with Crippen molar-refractivity contribution in [2.45, 2.75) is 12.3 Å². The average molecular weight is 207 g/mol. The highest BCUT2D eigenvalue weighted by Crippen LogP contribution is 2.02. The fraction of sp³-hybridized carbons (Fsp3) is 0.286. The first-order valence-electron chi connectivity index (χ1n) is 3.18. The van der Waals surface area contributed by atoms with Crippen LogP contribution in [0.15, 0.2) is 11.6 Å². The van der Waals surface area contributed by atoms with E-state index in [2.05, 4.69) is 0 Å². The van der Waals surface area contributed by atoms with Crippen molar-refractivity contribution in [1.29, 1.82) is 0 Å². The topological polar surface area (TPSA) is 91.7 Å². The van der Waals surface area contributed by atoms with Gasteiger partial charge in [-0.25, -0.2) is 4.79 Å². The van der Waals surface area contributed by atoms with Crippen LogP contribution in [0.4, 0.5) is 0 Å². The summed E-state index contributed by atoms with van der Waals surface area (Å²) in [4.78, 5) is 31.2. The summed E-state index contributed by atoms with van der Waals surface area (Å²) < 4.78 is 0. The normalized spacial score (nSPS) is 13.5. The number of ketones is 1. The molecule has 0 radical (unpaired) electrons. The summed E-state index contributed by atoms with van der Waals surface area (Å²) in [6.45, 7) is 1.17. The summed E-state index contributed by atoms with van der Waals surface area (Å²) in [5.41, 5.74) is -0.253. The van der Waals surface area contributed by atoms with E-state index in [1.54, 1.807) is 0 Å². The van der Waals surface area contributed by atoms with Crippen LogP contribution >= 0.6 is 11.6 Å². The molecule has 0 aliphatic carbocycles. The zero-order valence-corrected chi connectivity index (χ0v) is 7.41. The number of carboxylic acids is 2. The summed E-state index contributed by atoms with van der Waals surface area (Å²) in [6.07, 6.45) is 0.689. The van der Waals surface area contributed by atoms with Gasteiger partial charge in [-0.2, -0.15) is 0 Å². The van der Waals surface area contributed by atoms with Gasteiger partial charge in [0.15, 0.2) is 11.2 Å². The summed E-state index contributed by atoms with van der Waals surface area (Å²) in [5, 5.41) is 14.9. The number of carbonyl (C=O) groups is 3. The second-order valence-corrected chi connectivity index (χ2v) is 2.67. The Hall–Kier alpha value is -1.36. The monoisotopic (exact) mass is 206 g/mol. The first kappa shape index (κ1) is 11.6. The first-order chi connectivity index (χ1) is 5.86. The van der Waals surface area contributed by atoms with E-state index in [0.717, 1.165) is 0 Å². The predicted octanol–water partition coefficient (Wildman–Crippen LogP) is 0.278. The van der Waals surface area contributed by atoms with E-state index in [4.69, 9.17) is 21.8 Å². The Morgan fingerprint density at radius 1 is 1.31 bits per heavy atom. The Morgan fingerprint density at radius 3 is 2.08 bits per heavy atom. The van der Waals surface area contributed by atoms with Crippen LogP contribution in [0.25, 0.3) is 0 Å². The van der Waals surface area contributed by atoms with Crippen LogP contribution in [0.5, 0.6) is 0 Å². The number of rotatable bonds is 4. The highest BCUT2D eigenvalue weighted by atomic mass is 35.5. The van der Waals surface area contributed by atoms with Crippen LogP contribution in [0.2, 0.25) is 0 Å². The minimum Gasteiger partial charge on any atom is -0.480 e. The summed E-state index contributed by atoms with van der Waals surface area (Å²) >= 11 is 5.13. The van der Waals surface area contributed by atoms with Gasteiger partial charge in [0.1, 0.15) is 0 Å². The SMILES string of the molecule is C/C(=C/C(=O)C(Cl)C(=O)O)C(=O)O. The molecule has 0 aliphatic rings. The average Bonchev–Trinajstić information content (AvgIpc) is 2.02. The lowest BCUT2D eigenvalue weighted by atomic mass is 10.2. The van der Waals surface area contributed by atoms with Gasteiger partial charge in [-0.1, -0.05) is 0 Å². The quantitative estimate of drug-likeness (QED) is 0.392. The van der Waals surface area contributed by atoms with Gasteiger partial charge in [-0.3, -0.25) is 9.59 Å². The molecule has 0 aromatic rings. The number of carbonyl (C=O) groups excluding carboxylic acids is 1. The number of halogens is 1. The van der Waals surface area contributed by atoms with E-state index in [9.17, 15) is 14.4 Å². The molecular weight excluding hydrogens is 200 g/mol. The molecular formula is C7H7ClO5. The summed E-state index contributed by atoms with van der Waals surface area (Å²) in [7, 11) is 0. The Bertz CT molecular complexity index is 281. The molecule has 72 valence electrons. The van der Waals surface area contributed by atoms with Gasteiger partial charge < -0.3 is 10.2 Å². The Balaban J connectivity index is 4.56. The maximum atomic E-state index is 10.8. The minimum atomic E-state index is -1.73. The Kier molecular flexibility index (Phi) is 4.13. The standard InChI is InChI=1S/C7H7ClO5/c1-3(6(10)11)2-4(9)5(8)7(12)13/h2,5H,1H3,(H,10,11)(H,12,13)/b3-2-. The van der Waals surface area contributed by atoms with Crippen molar-refractivity contribution in [2.75, 3.05) is 0 Å². The number of aliphatic carboxylic acids is 2. The van der Waals surface area contributed by atoms with Gasteiger partial charge in [0, 0.05) is 5.57 Å². The molecule has 6 heteroatoms. The predicted molar refractivity (Wildman–Crippen MR) is 43.7 cm³/mol. The van der Waals surface area contributed by atoms with Crippen molar-refractivity contribution < 1.29 is 24.6 Å². The fourth-order valence-electron chi connectivity index (χ4n) is 0.470. The van der Waals surface area contributed by atoms with Crippen molar-refractivity contribution in [3.05, 3.63) is 11.6 Å². The Morgan fingerprint density at radius 2 is 1.77 bits per heavy atom. The van der Waals surface area contributed by atoms with Crippen molar-refractivity contribution >= 4 is 29.3 Å². The molecule has 1 atom stereocenters. The zero-order valence-electron chi connectivity index (χ0n) is 6.65. The third kappa shape index (κ3) is 3.71. The number of allylic oxidation sites excluding steroid dienone is 1. The molecule has 2 N–H and O–H groups in total. The van der Waals surface area contributed by atoms with Crippen molar-refractivity contribution in [3.63, 3.8) is 0 Å². The fourth-order valence-corrected chi connectivity index (χ4v) is 0.533. The molecule has 0 saturated carbocycles. The van der Waals surface area contributed by atoms with Gasteiger partial charge in [0.05, 0.1) is 0 Å². The second-order valence-electron chi connectivity index (χ2n) is 2.24. The van der Waals surface area contributed by atoms with E-state index in [-0.39, 0.29) is 5.57 Å². The number of hydrogen-bond donors (Lipinski definition) is 2. The van der Waals surface area contributed by atoms with Crippen molar-refractivity contribution in [3.8, 4) is 0 Å². The van der Waals surface area contributed by atoms with Gasteiger partial charge in [0.2, 0.25) is 0 Å². The van der Waals surface area contributed by atoms with Crippen LogP contribution in [0, 0.1) is 0 Å². The maximum absolute atomic E-state index is 10.8. The molecule has 0 aromatic carbocycles. The number of hydrogen-bond acceptors (Lipinski definition) is 3. The summed E-state index contributed by atoms with van der Waals surface area (Å²) in [6, 6.07) is 0. The van der Waals surface area contributed by atoms with E-state index in [0.29, 0.717) is 6.08 Å². The van der Waals surface area contributed by atoms with E-state index in [1.165, 1.54) is 6.92 Å². The van der Waals surface area contributed by atoms with Crippen LogP contribution < -0.4 is 0 Å². The zero-order chi connectivity index (χ0) is 10.6. The molecule has 0 saturated heterocycles. The molecule has 0 heterocycles. The lowest BCUT2D eigenvalue weighted by Crippen LogP contribution is -2.23. The molecule has 0 aromatic heterocycles. The van der Waals surface area contributed by atoms with Gasteiger partial charge in [-0.05, 0) is 13.0 Å². The van der Waals surface area contributed by atoms with Gasteiger partial charge >= 0.3 is 11.9 Å². The number of alkyl halides is 1. The molecule has 5 nitrogen and oxygen atoms in total. The smallest absolute Gasteiger partial charge is 0.331 e. The van der Waals surface area contributed by atoms with Crippen LogP contribution in [-0.4, -0.2) is 33.3 Å². The van der Waals surface area contributed by atoms with E-state index in [1.807, 2.05) is 0 Å². The second kappa shape index (κ2) is 4.61. The summed E-state index contributed by atoms with van der Waals surface area (Å²) in [5.74, 6) is -3.74. The highest BCUT2D eigenvalue weighted by molar-refractivity contribution is 6.42. The van der Waals surface area contributed by atoms with Crippen molar-refractivity contribution in [1.82, 2.24) is 0 Å². The van der Waals surface area contributed by atoms with Gasteiger partial charge in [0.25, 0.3) is 0 Å². The third-order valence-electron chi connectivity index (χ3n) is 1.16. The minimum absolute atomic E-state index is 0.253. The van der Waals surface area contributed by atoms with Gasteiger partial charge in [-0.15, -0.1) is 11.6 Å². The van der Waals surface area contributed by atoms with E-state index >= 15 is 0 Å². The third-order valence-corrected chi connectivity index (χ3v) is 1.56. The van der Waals surface area contributed by atoms with Crippen LogP contribution in [0.3, 0.4) is 0 Å². The molecule has 13 heavy (non-hydrogen) atoms. The largest absolute Gasteiger partial charge is 0.480 e. The highest BCUT2D eigenvalue weighted by Gasteiger charge is 2.21. The molecule has 0 amide bonds. The lowest BCUT2D eigenvalue weighted by molar-refractivity contribution is -0.139. The molecule has 0 rings (SSSR count). The molecule has 1 unspecified atom stereocenters. The van der Waals surface area contributed by atoms with Crippen molar-refractivity contribution in [2.24, 2.45) is 0 Å². The number of carboxylic acid groups (broad SMARTS) is 2. The van der Waals surface area contributed by atoms with Crippen LogP contribution in [-0.2, 0) is 14.4 Å². The lowest BCUT2D eigenvalue weighted by Gasteiger charge is -1.98.